The third-order valence-electron chi connectivity index (χ3n) is 7.14. The molecule has 0 unspecified atom stereocenters. The fourth-order valence-corrected chi connectivity index (χ4v) is 5.93. The molecule has 128 valence electrons. The second-order valence-corrected chi connectivity index (χ2v) is 8.30. The molecular formula is C20H30O3. The quantitative estimate of drug-likeness (QED) is 0.602. The van der Waals surface area contributed by atoms with E-state index in [1.54, 1.807) is 0 Å². The Bertz CT molecular complexity index is 519. The standard InChI is InChI=1S/C20H30O3/c1-5-15-14-6-7-16(13(2)3)19(4,10-9-18(21)22)17(14)8-11-20(15)12-23-20/h5,14-17H,1-2,6-12H2,3-4H3,(H,21,22)/t14-,15+,16-,17-,19-,20-/m0/s1. The lowest BCUT2D eigenvalue weighted by atomic mass is 9.48. The summed E-state index contributed by atoms with van der Waals surface area (Å²) in [5.41, 5.74) is 1.31. The molecule has 1 aliphatic heterocycles. The van der Waals surface area contributed by atoms with Crippen molar-refractivity contribution in [3.05, 3.63) is 24.8 Å². The van der Waals surface area contributed by atoms with Crippen LogP contribution in [-0.2, 0) is 9.53 Å². The van der Waals surface area contributed by atoms with Gasteiger partial charge in [-0.3, -0.25) is 4.79 Å². The van der Waals surface area contributed by atoms with Gasteiger partial charge in [-0.15, -0.1) is 6.58 Å². The number of aliphatic carboxylic acids is 1. The van der Waals surface area contributed by atoms with Gasteiger partial charge < -0.3 is 9.84 Å². The van der Waals surface area contributed by atoms with Gasteiger partial charge in [-0.05, 0) is 62.2 Å². The van der Waals surface area contributed by atoms with Crippen molar-refractivity contribution in [3.8, 4) is 0 Å². The van der Waals surface area contributed by atoms with Gasteiger partial charge in [-0.2, -0.15) is 0 Å². The maximum Gasteiger partial charge on any atom is 0.303 e. The van der Waals surface area contributed by atoms with Gasteiger partial charge in [0.25, 0.3) is 0 Å². The lowest BCUT2D eigenvalue weighted by molar-refractivity contribution is -0.139. The number of ether oxygens (including phenoxy) is 1. The first-order valence-corrected chi connectivity index (χ1v) is 8.98. The smallest absolute Gasteiger partial charge is 0.303 e. The summed E-state index contributed by atoms with van der Waals surface area (Å²) in [6.07, 6.45) is 7.66. The molecule has 0 aromatic carbocycles. The summed E-state index contributed by atoms with van der Waals surface area (Å²) >= 11 is 0. The van der Waals surface area contributed by atoms with Crippen molar-refractivity contribution in [1.29, 1.82) is 0 Å². The van der Waals surface area contributed by atoms with E-state index in [1.165, 1.54) is 12.0 Å². The monoisotopic (exact) mass is 318 g/mol. The summed E-state index contributed by atoms with van der Waals surface area (Å²) in [5.74, 6) is 1.30. The summed E-state index contributed by atoms with van der Waals surface area (Å²) in [6, 6.07) is 0. The molecule has 0 aromatic heterocycles. The third kappa shape index (κ3) is 2.67. The highest BCUT2D eigenvalue weighted by Crippen LogP contribution is 2.63. The van der Waals surface area contributed by atoms with Gasteiger partial charge in [0.05, 0.1) is 12.2 Å². The van der Waals surface area contributed by atoms with Gasteiger partial charge in [0.2, 0.25) is 0 Å². The maximum atomic E-state index is 11.2. The molecule has 1 saturated heterocycles. The lowest BCUT2D eigenvalue weighted by Gasteiger charge is -2.56. The molecule has 2 saturated carbocycles. The van der Waals surface area contributed by atoms with Gasteiger partial charge >= 0.3 is 5.97 Å². The molecular weight excluding hydrogens is 288 g/mol. The van der Waals surface area contributed by atoms with E-state index in [1.807, 2.05) is 0 Å². The average Bonchev–Trinajstić information content (AvgIpc) is 3.25. The summed E-state index contributed by atoms with van der Waals surface area (Å²) in [5, 5.41) is 9.21. The van der Waals surface area contributed by atoms with Gasteiger partial charge in [0, 0.05) is 12.3 Å². The Morgan fingerprint density at radius 2 is 2.09 bits per heavy atom. The zero-order valence-electron chi connectivity index (χ0n) is 14.5. The molecule has 3 heteroatoms. The van der Waals surface area contributed by atoms with Crippen molar-refractivity contribution in [2.45, 2.75) is 58.0 Å². The highest BCUT2D eigenvalue weighted by atomic mass is 16.6. The molecule has 1 spiro atoms. The van der Waals surface area contributed by atoms with Crippen LogP contribution in [0.2, 0.25) is 0 Å². The van der Waals surface area contributed by atoms with E-state index in [0.717, 1.165) is 32.3 Å². The van der Waals surface area contributed by atoms with Crippen molar-refractivity contribution in [2.24, 2.45) is 29.1 Å². The average molecular weight is 318 g/mol. The molecule has 3 fully saturated rings. The van der Waals surface area contributed by atoms with Crippen molar-refractivity contribution >= 4 is 5.97 Å². The van der Waals surface area contributed by atoms with E-state index in [4.69, 9.17) is 4.74 Å². The fourth-order valence-electron chi connectivity index (χ4n) is 5.93. The topological polar surface area (TPSA) is 49.8 Å². The Kier molecular flexibility index (Phi) is 4.20. The lowest BCUT2D eigenvalue weighted by Crippen LogP contribution is -2.51. The van der Waals surface area contributed by atoms with Crippen LogP contribution in [0.1, 0.15) is 52.4 Å². The van der Waals surface area contributed by atoms with E-state index >= 15 is 0 Å². The Morgan fingerprint density at radius 1 is 1.39 bits per heavy atom. The van der Waals surface area contributed by atoms with Crippen molar-refractivity contribution in [1.82, 2.24) is 0 Å². The van der Waals surface area contributed by atoms with E-state index in [9.17, 15) is 9.90 Å². The van der Waals surface area contributed by atoms with E-state index in [-0.39, 0.29) is 17.4 Å². The minimum absolute atomic E-state index is 0.0326. The van der Waals surface area contributed by atoms with Crippen LogP contribution in [-0.4, -0.2) is 23.3 Å². The number of hydrogen-bond donors (Lipinski definition) is 1. The zero-order valence-corrected chi connectivity index (χ0v) is 14.5. The van der Waals surface area contributed by atoms with Crippen LogP contribution in [0.4, 0.5) is 0 Å². The Morgan fingerprint density at radius 3 is 2.61 bits per heavy atom. The number of epoxide rings is 1. The largest absolute Gasteiger partial charge is 0.481 e. The first kappa shape index (κ1) is 16.8. The highest BCUT2D eigenvalue weighted by Gasteiger charge is 2.61. The minimum Gasteiger partial charge on any atom is -0.481 e. The van der Waals surface area contributed by atoms with E-state index in [0.29, 0.717) is 23.7 Å². The minimum atomic E-state index is -0.688. The highest BCUT2D eigenvalue weighted by molar-refractivity contribution is 5.66. The zero-order chi connectivity index (χ0) is 16.8. The Balaban J connectivity index is 1.90. The number of hydrogen-bond acceptors (Lipinski definition) is 2. The number of carbonyl (C=O) groups is 1. The molecule has 3 aliphatic rings. The molecule has 3 rings (SSSR count). The first-order chi connectivity index (χ1) is 10.8. The van der Waals surface area contributed by atoms with Crippen molar-refractivity contribution in [2.75, 3.05) is 6.61 Å². The molecule has 0 bridgehead atoms. The molecule has 1 heterocycles. The number of carboxylic acid groups (broad SMARTS) is 1. The van der Waals surface area contributed by atoms with Gasteiger partial charge in [0.15, 0.2) is 0 Å². The van der Waals surface area contributed by atoms with Crippen LogP contribution in [0.3, 0.4) is 0 Å². The van der Waals surface area contributed by atoms with Gasteiger partial charge in [-0.25, -0.2) is 0 Å². The van der Waals surface area contributed by atoms with Crippen LogP contribution >= 0.6 is 0 Å². The maximum absolute atomic E-state index is 11.2. The molecule has 6 atom stereocenters. The normalized spacial score (nSPS) is 45.3. The number of allylic oxidation sites excluding steroid dienone is 1. The van der Waals surface area contributed by atoms with Crippen LogP contribution in [0.25, 0.3) is 0 Å². The molecule has 2 aliphatic carbocycles. The van der Waals surface area contributed by atoms with Crippen LogP contribution < -0.4 is 0 Å². The molecule has 1 N–H and O–H groups in total. The van der Waals surface area contributed by atoms with Crippen LogP contribution in [0, 0.1) is 29.1 Å². The molecule has 0 aromatic rings. The first-order valence-electron chi connectivity index (χ1n) is 8.98. The fraction of sp³-hybridized carbons (Fsp3) is 0.750. The van der Waals surface area contributed by atoms with E-state index in [2.05, 4.69) is 33.1 Å². The molecule has 23 heavy (non-hydrogen) atoms. The summed E-state index contributed by atoms with van der Waals surface area (Å²) in [6.45, 7) is 13.6. The van der Waals surface area contributed by atoms with E-state index < -0.39 is 5.97 Å². The molecule has 0 radical (unpaired) electrons. The summed E-state index contributed by atoms with van der Waals surface area (Å²) in [4.78, 5) is 11.2. The van der Waals surface area contributed by atoms with Crippen LogP contribution in [0.15, 0.2) is 24.8 Å². The summed E-state index contributed by atoms with van der Waals surface area (Å²) in [7, 11) is 0. The van der Waals surface area contributed by atoms with Gasteiger partial charge in [0.1, 0.15) is 0 Å². The molecule has 3 nitrogen and oxygen atoms in total. The second-order valence-electron chi connectivity index (χ2n) is 8.30. The van der Waals surface area contributed by atoms with Crippen LogP contribution in [0.5, 0.6) is 0 Å². The number of carboxylic acids is 1. The molecule has 0 amide bonds. The Labute approximate surface area is 139 Å². The van der Waals surface area contributed by atoms with Crippen molar-refractivity contribution < 1.29 is 14.6 Å². The van der Waals surface area contributed by atoms with Crippen molar-refractivity contribution in [3.63, 3.8) is 0 Å². The predicted octanol–water partition coefficient (Wildman–Crippen LogP) is 4.44. The SMILES string of the molecule is C=C[C@@H]1[C@@H]2CC[C@@H](C(=C)C)[C@](C)(CCC(=O)O)[C@H]2CC[C@]12CO2. The number of fused-ring (bicyclic) bond motifs is 1. The number of rotatable bonds is 5. The summed E-state index contributed by atoms with van der Waals surface area (Å²) < 4.78 is 5.85. The third-order valence-corrected chi connectivity index (χ3v) is 7.14. The predicted molar refractivity (Wildman–Crippen MR) is 91.1 cm³/mol. The Hall–Kier alpha value is -1.09. The van der Waals surface area contributed by atoms with Gasteiger partial charge in [-0.1, -0.05) is 25.2 Å². The second kappa shape index (κ2) is 5.77.